The highest BCUT2D eigenvalue weighted by Crippen LogP contribution is 2.33. The van der Waals surface area contributed by atoms with E-state index in [1.54, 1.807) is 7.11 Å². The third kappa shape index (κ3) is 5.16. The molecule has 1 heterocycles. The van der Waals surface area contributed by atoms with Gasteiger partial charge in [-0.15, -0.1) is 0 Å². The lowest BCUT2D eigenvalue weighted by atomic mass is 10.0. The summed E-state index contributed by atoms with van der Waals surface area (Å²) in [7, 11) is 1.61. The van der Waals surface area contributed by atoms with Gasteiger partial charge in [0.05, 0.1) is 12.7 Å². The molecule has 0 aromatic heterocycles. The van der Waals surface area contributed by atoms with E-state index in [4.69, 9.17) is 4.74 Å². The van der Waals surface area contributed by atoms with Crippen molar-refractivity contribution in [2.75, 3.05) is 20.2 Å². The number of amides is 2. The number of methoxy groups -OCH3 is 1. The molecule has 164 valence electrons. The Kier molecular flexibility index (Phi) is 7.88. The number of nitrogens with zero attached hydrogens (tertiary/aromatic N) is 2. The van der Waals surface area contributed by atoms with Crippen molar-refractivity contribution in [3.05, 3.63) is 71.4 Å². The minimum Gasteiger partial charge on any atom is -0.497 e. The van der Waals surface area contributed by atoms with Crippen LogP contribution in [0.25, 0.3) is 5.57 Å². The first-order chi connectivity index (χ1) is 15.1. The van der Waals surface area contributed by atoms with Crippen molar-refractivity contribution in [3.63, 3.8) is 0 Å². The first-order valence-corrected chi connectivity index (χ1v) is 11.1. The number of ether oxygens (including phenoxy) is 1. The lowest BCUT2D eigenvalue weighted by molar-refractivity contribution is -0.137. The Hall–Kier alpha value is -3.08. The summed E-state index contributed by atoms with van der Waals surface area (Å²) < 4.78 is 5.26. The fourth-order valence-corrected chi connectivity index (χ4v) is 3.93. The maximum absolute atomic E-state index is 13.5. The Bertz CT molecular complexity index is 919. The van der Waals surface area contributed by atoms with Crippen LogP contribution in [-0.4, -0.2) is 41.8 Å². The summed E-state index contributed by atoms with van der Waals surface area (Å²) in [4.78, 5) is 30.3. The van der Waals surface area contributed by atoms with Crippen LogP contribution in [0.1, 0.15) is 50.7 Å². The van der Waals surface area contributed by atoms with Crippen molar-refractivity contribution in [1.29, 1.82) is 0 Å². The van der Waals surface area contributed by atoms with Crippen molar-refractivity contribution in [2.24, 2.45) is 0 Å². The van der Waals surface area contributed by atoms with E-state index < -0.39 is 0 Å². The Morgan fingerprint density at radius 2 is 1.58 bits per heavy atom. The number of carbonyl (C=O) groups is 2. The summed E-state index contributed by atoms with van der Waals surface area (Å²) in [6, 6.07) is 17.4. The molecular formula is C26H32N2O3. The second-order valence-electron chi connectivity index (χ2n) is 7.77. The molecule has 0 atom stereocenters. The summed E-state index contributed by atoms with van der Waals surface area (Å²) in [5.41, 5.74) is 2.84. The van der Waals surface area contributed by atoms with E-state index in [2.05, 4.69) is 6.92 Å². The molecule has 0 saturated carbocycles. The highest BCUT2D eigenvalue weighted by atomic mass is 16.5. The molecule has 2 amide bonds. The van der Waals surface area contributed by atoms with Crippen molar-refractivity contribution < 1.29 is 14.3 Å². The fraction of sp³-hybridized carbons (Fsp3) is 0.385. The molecule has 5 heteroatoms. The molecular weight excluding hydrogens is 388 g/mol. The molecule has 0 aliphatic carbocycles. The number of benzene rings is 2. The van der Waals surface area contributed by atoms with Gasteiger partial charge >= 0.3 is 0 Å². The van der Waals surface area contributed by atoms with Crippen LogP contribution in [0.2, 0.25) is 0 Å². The largest absolute Gasteiger partial charge is 0.497 e. The van der Waals surface area contributed by atoms with E-state index in [0.717, 1.165) is 42.6 Å². The monoisotopic (exact) mass is 420 g/mol. The van der Waals surface area contributed by atoms with Crippen LogP contribution in [0.5, 0.6) is 5.75 Å². The van der Waals surface area contributed by atoms with Crippen molar-refractivity contribution in [1.82, 2.24) is 9.80 Å². The first kappa shape index (κ1) is 22.6. The van der Waals surface area contributed by atoms with E-state index in [1.807, 2.05) is 66.4 Å². The molecule has 5 nitrogen and oxygen atoms in total. The Labute approximate surface area is 185 Å². The second-order valence-corrected chi connectivity index (χ2v) is 7.77. The van der Waals surface area contributed by atoms with Gasteiger partial charge in [-0.1, -0.05) is 68.7 Å². The predicted octanol–water partition coefficient (Wildman–Crippen LogP) is 4.88. The number of hydrogen-bond acceptors (Lipinski definition) is 4. The maximum Gasteiger partial charge on any atom is 0.277 e. The van der Waals surface area contributed by atoms with Gasteiger partial charge in [0.1, 0.15) is 11.4 Å². The van der Waals surface area contributed by atoms with Crippen molar-refractivity contribution in [3.8, 4) is 5.75 Å². The second kappa shape index (κ2) is 10.8. The first-order valence-electron chi connectivity index (χ1n) is 11.1. The number of carbonyl (C=O) groups excluding carboxylic acids is 2. The molecule has 2 aromatic carbocycles. The lowest BCUT2D eigenvalue weighted by Crippen LogP contribution is -2.35. The van der Waals surface area contributed by atoms with Crippen LogP contribution in [0.15, 0.2) is 60.3 Å². The zero-order chi connectivity index (χ0) is 22.2. The van der Waals surface area contributed by atoms with Gasteiger partial charge in [0.15, 0.2) is 0 Å². The smallest absolute Gasteiger partial charge is 0.277 e. The normalized spacial score (nSPS) is 13.8. The van der Waals surface area contributed by atoms with Gasteiger partial charge in [-0.25, -0.2) is 0 Å². The molecule has 1 aliphatic heterocycles. The SMILES string of the molecule is CCCCCCN1C(=O)C(c2ccc(OC)cc2)=C(N(CC)Cc2ccccc2)C1=O. The van der Waals surface area contributed by atoms with Crippen LogP contribution in [0.3, 0.4) is 0 Å². The average molecular weight is 421 g/mol. The number of rotatable bonds is 11. The minimum absolute atomic E-state index is 0.190. The van der Waals surface area contributed by atoms with Gasteiger partial charge in [-0.05, 0) is 36.6 Å². The molecule has 2 aromatic rings. The van der Waals surface area contributed by atoms with Gasteiger partial charge in [0, 0.05) is 19.6 Å². The molecule has 3 rings (SSSR count). The molecule has 0 radical (unpaired) electrons. The highest BCUT2D eigenvalue weighted by Gasteiger charge is 2.40. The average Bonchev–Trinajstić information content (AvgIpc) is 3.05. The van der Waals surface area contributed by atoms with Crippen LogP contribution in [0, 0.1) is 0 Å². The van der Waals surface area contributed by atoms with Crippen molar-refractivity contribution >= 4 is 17.4 Å². The van der Waals surface area contributed by atoms with E-state index in [-0.39, 0.29) is 11.8 Å². The number of hydrogen-bond donors (Lipinski definition) is 0. The summed E-state index contributed by atoms with van der Waals surface area (Å²) in [6.45, 7) is 5.84. The van der Waals surface area contributed by atoms with Crippen LogP contribution in [0.4, 0.5) is 0 Å². The van der Waals surface area contributed by atoms with Crippen molar-refractivity contribution in [2.45, 2.75) is 46.1 Å². The predicted molar refractivity (Wildman–Crippen MR) is 123 cm³/mol. The fourth-order valence-electron chi connectivity index (χ4n) is 3.93. The third-order valence-corrected chi connectivity index (χ3v) is 5.67. The van der Waals surface area contributed by atoms with Gasteiger partial charge in [-0.3, -0.25) is 14.5 Å². The molecule has 0 bridgehead atoms. The molecule has 0 N–H and O–H groups in total. The van der Waals surface area contributed by atoms with Gasteiger partial charge in [-0.2, -0.15) is 0 Å². The third-order valence-electron chi connectivity index (χ3n) is 5.67. The molecule has 0 spiro atoms. The summed E-state index contributed by atoms with van der Waals surface area (Å²) in [5, 5.41) is 0. The quantitative estimate of drug-likeness (QED) is 0.384. The summed E-state index contributed by atoms with van der Waals surface area (Å²) >= 11 is 0. The van der Waals surface area contributed by atoms with Gasteiger partial charge in [0.2, 0.25) is 0 Å². The van der Waals surface area contributed by atoms with Gasteiger partial charge < -0.3 is 9.64 Å². The highest BCUT2D eigenvalue weighted by molar-refractivity contribution is 6.35. The minimum atomic E-state index is -0.201. The molecule has 0 unspecified atom stereocenters. The number of likely N-dealkylation sites (N-methyl/N-ethyl adjacent to an activating group) is 1. The van der Waals surface area contributed by atoms with Crippen LogP contribution < -0.4 is 4.74 Å². The zero-order valence-electron chi connectivity index (χ0n) is 18.8. The van der Waals surface area contributed by atoms with E-state index in [0.29, 0.717) is 30.9 Å². The van der Waals surface area contributed by atoms with E-state index in [1.165, 1.54) is 4.90 Å². The summed E-state index contributed by atoms with van der Waals surface area (Å²) in [6.07, 6.45) is 4.07. The van der Waals surface area contributed by atoms with Crippen LogP contribution in [-0.2, 0) is 16.1 Å². The Morgan fingerprint density at radius 3 is 2.19 bits per heavy atom. The molecule has 31 heavy (non-hydrogen) atoms. The summed E-state index contributed by atoms with van der Waals surface area (Å²) in [5.74, 6) is 0.328. The van der Waals surface area contributed by atoms with E-state index >= 15 is 0 Å². The molecule has 1 aliphatic rings. The maximum atomic E-state index is 13.5. The number of imide groups is 1. The topological polar surface area (TPSA) is 49.9 Å². The van der Waals surface area contributed by atoms with Crippen LogP contribution >= 0.6 is 0 Å². The Morgan fingerprint density at radius 1 is 0.871 bits per heavy atom. The van der Waals surface area contributed by atoms with Gasteiger partial charge in [0.25, 0.3) is 11.8 Å². The Balaban J connectivity index is 1.97. The number of unbranched alkanes of at least 4 members (excludes halogenated alkanes) is 3. The zero-order valence-corrected chi connectivity index (χ0v) is 18.8. The standard InChI is InChI=1S/C26H32N2O3/c1-4-6-7-11-18-28-25(29)23(21-14-16-22(31-3)17-15-21)24(26(28)30)27(5-2)19-20-12-9-8-10-13-20/h8-10,12-17H,4-7,11,18-19H2,1-3H3. The lowest BCUT2D eigenvalue weighted by Gasteiger charge is -2.25. The molecule has 0 saturated heterocycles. The van der Waals surface area contributed by atoms with E-state index in [9.17, 15) is 9.59 Å². The molecule has 0 fully saturated rings.